The zero-order valence-corrected chi connectivity index (χ0v) is 14.4. The molecular formula is C18H34O5. The summed E-state index contributed by atoms with van der Waals surface area (Å²) in [5, 5.41) is 28.4. The molecule has 1 aliphatic rings. The van der Waals surface area contributed by atoms with Gasteiger partial charge in [0, 0.05) is 6.61 Å². The Morgan fingerprint density at radius 3 is 2.48 bits per heavy atom. The highest BCUT2D eigenvalue weighted by Crippen LogP contribution is 2.21. The summed E-state index contributed by atoms with van der Waals surface area (Å²) in [6.45, 7) is 2.51. The maximum absolute atomic E-state index is 9.81. The molecule has 0 spiro atoms. The molecule has 0 radical (unpaired) electrons. The first-order chi connectivity index (χ1) is 11.2. The van der Waals surface area contributed by atoms with Crippen molar-refractivity contribution in [3.8, 4) is 0 Å². The monoisotopic (exact) mass is 330 g/mol. The van der Waals surface area contributed by atoms with Crippen LogP contribution in [0.5, 0.6) is 0 Å². The maximum Gasteiger partial charge on any atom is 0.114 e. The van der Waals surface area contributed by atoms with E-state index in [-0.39, 0.29) is 13.2 Å². The van der Waals surface area contributed by atoms with Gasteiger partial charge in [-0.2, -0.15) is 0 Å². The highest BCUT2D eigenvalue weighted by Gasteiger charge is 2.40. The first kappa shape index (κ1) is 20.6. The standard InChI is InChI=1S/C18H34O5/c1-2-3-4-5-6-7-8-9-10-11-12-22-18-16(21)14-23-17(18)15(20)13-19/h7-8,15-21H,2-6,9-14H2,1H3/b8-7+/t15-,16+,17+,18+/m1/s1. The van der Waals surface area contributed by atoms with E-state index in [1.54, 1.807) is 0 Å². The molecule has 1 rings (SSSR count). The molecule has 1 fully saturated rings. The fourth-order valence-electron chi connectivity index (χ4n) is 2.77. The summed E-state index contributed by atoms with van der Waals surface area (Å²) in [7, 11) is 0. The highest BCUT2D eigenvalue weighted by atomic mass is 16.6. The second kappa shape index (κ2) is 12.9. The van der Waals surface area contributed by atoms with Crippen molar-refractivity contribution >= 4 is 0 Å². The van der Waals surface area contributed by atoms with Gasteiger partial charge < -0.3 is 24.8 Å². The number of rotatable bonds is 13. The average Bonchev–Trinajstić information content (AvgIpc) is 2.93. The minimum absolute atomic E-state index is 0.146. The first-order valence-corrected chi connectivity index (χ1v) is 9.05. The lowest BCUT2D eigenvalue weighted by molar-refractivity contribution is -0.0937. The summed E-state index contributed by atoms with van der Waals surface area (Å²) in [5.41, 5.74) is 0. The number of hydrogen-bond donors (Lipinski definition) is 3. The van der Waals surface area contributed by atoms with Gasteiger partial charge in [-0.05, 0) is 32.1 Å². The van der Waals surface area contributed by atoms with Gasteiger partial charge in [-0.1, -0.05) is 38.3 Å². The largest absolute Gasteiger partial charge is 0.394 e. The normalized spacial score (nSPS) is 26.2. The Kier molecular flexibility index (Phi) is 11.5. The van der Waals surface area contributed by atoms with Crippen molar-refractivity contribution in [2.75, 3.05) is 19.8 Å². The van der Waals surface area contributed by atoms with E-state index in [0.717, 1.165) is 19.3 Å². The molecule has 0 aromatic carbocycles. The van der Waals surface area contributed by atoms with Crippen LogP contribution in [0.25, 0.3) is 0 Å². The fraction of sp³-hybridized carbons (Fsp3) is 0.889. The van der Waals surface area contributed by atoms with Crippen LogP contribution >= 0.6 is 0 Å². The van der Waals surface area contributed by atoms with Gasteiger partial charge in [0.25, 0.3) is 0 Å². The number of unbranched alkanes of at least 4 members (excludes halogenated alkanes) is 6. The van der Waals surface area contributed by atoms with Crippen molar-refractivity contribution in [3.63, 3.8) is 0 Å². The van der Waals surface area contributed by atoms with Crippen LogP contribution in [0.3, 0.4) is 0 Å². The Morgan fingerprint density at radius 2 is 1.83 bits per heavy atom. The fourth-order valence-corrected chi connectivity index (χ4v) is 2.77. The third-order valence-corrected chi connectivity index (χ3v) is 4.20. The summed E-state index contributed by atoms with van der Waals surface area (Å²) >= 11 is 0. The van der Waals surface area contributed by atoms with Crippen LogP contribution in [-0.2, 0) is 9.47 Å². The smallest absolute Gasteiger partial charge is 0.114 e. The minimum atomic E-state index is -1.01. The van der Waals surface area contributed by atoms with E-state index in [1.807, 2.05) is 0 Å². The highest BCUT2D eigenvalue weighted by molar-refractivity contribution is 4.89. The van der Waals surface area contributed by atoms with Crippen LogP contribution < -0.4 is 0 Å². The third kappa shape index (κ3) is 8.27. The number of allylic oxidation sites excluding steroid dienone is 2. The quantitative estimate of drug-likeness (QED) is 0.356. The molecule has 5 nitrogen and oxygen atoms in total. The molecule has 136 valence electrons. The average molecular weight is 330 g/mol. The van der Waals surface area contributed by atoms with E-state index in [9.17, 15) is 10.2 Å². The molecule has 3 N–H and O–H groups in total. The van der Waals surface area contributed by atoms with Gasteiger partial charge in [0.2, 0.25) is 0 Å². The Balaban J connectivity index is 2.04. The van der Waals surface area contributed by atoms with Crippen molar-refractivity contribution < 1.29 is 24.8 Å². The molecule has 0 aromatic heterocycles. The predicted octanol–water partition coefficient (Wildman–Crippen LogP) is 2.18. The summed E-state index contributed by atoms with van der Waals surface area (Å²) in [4.78, 5) is 0. The zero-order valence-electron chi connectivity index (χ0n) is 14.4. The molecule has 0 aromatic rings. The number of ether oxygens (including phenoxy) is 2. The van der Waals surface area contributed by atoms with Crippen LogP contribution in [0, 0.1) is 0 Å². The predicted molar refractivity (Wildman–Crippen MR) is 90.3 cm³/mol. The zero-order chi connectivity index (χ0) is 16.9. The van der Waals surface area contributed by atoms with Gasteiger partial charge in [-0.15, -0.1) is 0 Å². The Bertz CT molecular complexity index is 308. The van der Waals surface area contributed by atoms with Gasteiger partial charge >= 0.3 is 0 Å². The van der Waals surface area contributed by atoms with Gasteiger partial charge in [0.1, 0.15) is 24.4 Å². The van der Waals surface area contributed by atoms with E-state index in [4.69, 9.17) is 14.6 Å². The number of hydrogen-bond acceptors (Lipinski definition) is 5. The molecule has 0 unspecified atom stereocenters. The number of aliphatic hydroxyl groups excluding tert-OH is 3. The minimum Gasteiger partial charge on any atom is -0.394 e. The Labute approximate surface area is 140 Å². The van der Waals surface area contributed by atoms with Crippen LogP contribution in [0.1, 0.15) is 58.3 Å². The molecule has 4 atom stereocenters. The SMILES string of the molecule is CCCCCC/C=C/CCCCO[C@@H]1[C@H]([C@H](O)CO)OC[C@@H]1O. The van der Waals surface area contributed by atoms with Crippen molar-refractivity contribution in [2.45, 2.75) is 82.7 Å². The molecule has 1 saturated heterocycles. The third-order valence-electron chi connectivity index (χ3n) is 4.20. The summed E-state index contributed by atoms with van der Waals surface area (Å²) < 4.78 is 10.9. The van der Waals surface area contributed by atoms with Crippen LogP contribution in [0.2, 0.25) is 0 Å². The van der Waals surface area contributed by atoms with Gasteiger partial charge in [-0.25, -0.2) is 0 Å². The molecule has 1 aliphatic heterocycles. The first-order valence-electron chi connectivity index (χ1n) is 9.05. The second-order valence-electron chi connectivity index (χ2n) is 6.27. The van der Waals surface area contributed by atoms with Crippen LogP contribution in [-0.4, -0.2) is 59.6 Å². The van der Waals surface area contributed by atoms with E-state index < -0.39 is 24.4 Å². The van der Waals surface area contributed by atoms with Crippen molar-refractivity contribution in [1.29, 1.82) is 0 Å². The van der Waals surface area contributed by atoms with E-state index >= 15 is 0 Å². The van der Waals surface area contributed by atoms with Gasteiger partial charge in [-0.3, -0.25) is 0 Å². The summed E-state index contributed by atoms with van der Waals surface area (Å²) in [6, 6.07) is 0. The topological polar surface area (TPSA) is 79.2 Å². The lowest BCUT2D eigenvalue weighted by Gasteiger charge is -2.23. The second-order valence-corrected chi connectivity index (χ2v) is 6.27. The summed E-state index contributed by atoms with van der Waals surface area (Å²) in [5.74, 6) is 0. The number of aliphatic hydroxyl groups is 3. The Morgan fingerprint density at radius 1 is 1.13 bits per heavy atom. The maximum atomic E-state index is 9.81. The van der Waals surface area contributed by atoms with Crippen LogP contribution in [0.15, 0.2) is 12.2 Å². The lowest BCUT2D eigenvalue weighted by Crippen LogP contribution is -2.42. The Hall–Kier alpha value is -0.460. The molecule has 1 heterocycles. The van der Waals surface area contributed by atoms with Crippen LogP contribution in [0.4, 0.5) is 0 Å². The van der Waals surface area contributed by atoms with E-state index in [2.05, 4.69) is 19.1 Å². The van der Waals surface area contributed by atoms with Gasteiger partial charge in [0.05, 0.1) is 13.2 Å². The molecule has 5 heteroatoms. The van der Waals surface area contributed by atoms with Crippen molar-refractivity contribution in [3.05, 3.63) is 12.2 Å². The molecule has 23 heavy (non-hydrogen) atoms. The molecule has 0 amide bonds. The van der Waals surface area contributed by atoms with E-state index in [0.29, 0.717) is 6.61 Å². The van der Waals surface area contributed by atoms with E-state index in [1.165, 1.54) is 32.1 Å². The molecule has 0 saturated carbocycles. The van der Waals surface area contributed by atoms with Crippen molar-refractivity contribution in [1.82, 2.24) is 0 Å². The lowest BCUT2D eigenvalue weighted by atomic mass is 10.1. The van der Waals surface area contributed by atoms with Crippen molar-refractivity contribution in [2.24, 2.45) is 0 Å². The summed E-state index contributed by atoms with van der Waals surface area (Å²) in [6.07, 6.45) is 10.9. The molecule has 0 aliphatic carbocycles. The molecular weight excluding hydrogens is 296 g/mol. The molecule has 0 bridgehead atoms. The van der Waals surface area contributed by atoms with Gasteiger partial charge in [0.15, 0.2) is 0 Å².